The van der Waals surface area contributed by atoms with Gasteiger partial charge in [0, 0.05) is 11.6 Å². The molecule has 1 aliphatic heterocycles. The van der Waals surface area contributed by atoms with Crippen LogP contribution < -0.4 is 10.2 Å². The van der Waals surface area contributed by atoms with Gasteiger partial charge in [0.05, 0.1) is 31.2 Å². The number of sulfonamides is 1. The molecular formula is C17H26Cl2N3O3S+. The number of carbonyl (C=O) groups is 1. The van der Waals surface area contributed by atoms with Crippen LogP contribution in [0.25, 0.3) is 0 Å². The molecule has 1 saturated heterocycles. The van der Waals surface area contributed by atoms with E-state index in [4.69, 9.17) is 23.2 Å². The number of nitrogens with zero attached hydrogens (tertiary/aromatic N) is 1. The maximum Gasteiger partial charge on any atom is 0.278 e. The number of nitrogens with one attached hydrogen (secondary N) is 2. The highest BCUT2D eigenvalue weighted by atomic mass is 35.5. The molecule has 0 aliphatic carbocycles. The van der Waals surface area contributed by atoms with Crippen LogP contribution in [0, 0.1) is 5.92 Å². The van der Waals surface area contributed by atoms with Crippen molar-refractivity contribution in [3.05, 3.63) is 28.2 Å². The number of rotatable bonds is 6. The Morgan fingerprint density at radius 2 is 1.85 bits per heavy atom. The smallest absolute Gasteiger partial charge is 0.278 e. The van der Waals surface area contributed by atoms with Gasteiger partial charge >= 0.3 is 0 Å². The van der Waals surface area contributed by atoms with Crippen LogP contribution >= 0.6 is 23.2 Å². The highest BCUT2D eigenvalue weighted by molar-refractivity contribution is 7.89. The number of quaternary nitrogens is 1. The van der Waals surface area contributed by atoms with Crippen molar-refractivity contribution >= 4 is 39.1 Å². The lowest BCUT2D eigenvalue weighted by Crippen LogP contribution is -3.19. The summed E-state index contributed by atoms with van der Waals surface area (Å²) in [5, 5.41) is 3.42. The summed E-state index contributed by atoms with van der Waals surface area (Å²) in [5.41, 5.74) is 0. The van der Waals surface area contributed by atoms with Crippen molar-refractivity contribution in [3.8, 4) is 0 Å². The van der Waals surface area contributed by atoms with E-state index in [-0.39, 0.29) is 21.9 Å². The molecule has 1 heterocycles. The summed E-state index contributed by atoms with van der Waals surface area (Å²) in [6.45, 7) is 8.41. The summed E-state index contributed by atoms with van der Waals surface area (Å²) in [4.78, 5) is 13.3. The third kappa shape index (κ3) is 5.10. The summed E-state index contributed by atoms with van der Waals surface area (Å²) in [6.07, 6.45) is 0. The van der Waals surface area contributed by atoms with Crippen LogP contribution in [-0.2, 0) is 14.8 Å². The average Bonchev–Trinajstić information content (AvgIpc) is 2.61. The zero-order valence-corrected chi connectivity index (χ0v) is 17.6. The first-order chi connectivity index (χ1) is 12.1. The van der Waals surface area contributed by atoms with E-state index < -0.39 is 10.0 Å². The van der Waals surface area contributed by atoms with Gasteiger partial charge in [-0.2, -0.15) is 4.31 Å². The third-order valence-electron chi connectivity index (χ3n) is 4.57. The van der Waals surface area contributed by atoms with Gasteiger partial charge in [0.25, 0.3) is 5.91 Å². The van der Waals surface area contributed by atoms with E-state index in [1.54, 1.807) is 6.07 Å². The molecule has 0 aromatic heterocycles. The molecule has 0 radical (unpaired) electrons. The van der Waals surface area contributed by atoms with Crippen LogP contribution in [0.4, 0.5) is 0 Å². The molecule has 1 aromatic rings. The Kier molecular flexibility index (Phi) is 7.33. The Labute approximate surface area is 165 Å². The Balaban J connectivity index is 2.01. The second-order valence-electron chi connectivity index (χ2n) is 7.00. The molecule has 146 valence electrons. The Bertz CT molecular complexity index is 748. The minimum Gasteiger partial charge on any atom is -0.351 e. The molecule has 1 aliphatic rings. The van der Waals surface area contributed by atoms with E-state index in [2.05, 4.69) is 5.32 Å². The normalized spacial score (nSPS) is 18.1. The van der Waals surface area contributed by atoms with Gasteiger partial charge < -0.3 is 10.2 Å². The van der Waals surface area contributed by atoms with Crippen molar-refractivity contribution in [2.24, 2.45) is 5.92 Å². The first kappa shape index (κ1) is 21.4. The maximum absolute atomic E-state index is 12.8. The van der Waals surface area contributed by atoms with E-state index in [0.717, 1.165) is 4.90 Å². The van der Waals surface area contributed by atoms with Gasteiger partial charge in [-0.3, -0.25) is 4.79 Å². The summed E-state index contributed by atoms with van der Waals surface area (Å²) in [6, 6.07) is 4.20. The van der Waals surface area contributed by atoms with Gasteiger partial charge in [-0.05, 0) is 31.0 Å². The number of hydrogen-bond acceptors (Lipinski definition) is 3. The molecule has 0 spiro atoms. The van der Waals surface area contributed by atoms with E-state index in [1.807, 2.05) is 20.8 Å². The second-order valence-corrected chi connectivity index (χ2v) is 9.75. The van der Waals surface area contributed by atoms with Crippen LogP contribution in [0.15, 0.2) is 23.1 Å². The largest absolute Gasteiger partial charge is 0.351 e. The van der Waals surface area contributed by atoms with Crippen molar-refractivity contribution in [2.75, 3.05) is 32.7 Å². The first-order valence-electron chi connectivity index (χ1n) is 8.70. The van der Waals surface area contributed by atoms with Crippen LogP contribution in [0.2, 0.25) is 10.0 Å². The van der Waals surface area contributed by atoms with E-state index >= 15 is 0 Å². The van der Waals surface area contributed by atoms with Gasteiger partial charge in [-0.15, -0.1) is 0 Å². The van der Waals surface area contributed by atoms with Gasteiger partial charge in [0.1, 0.15) is 4.90 Å². The predicted molar refractivity (Wildman–Crippen MR) is 103 cm³/mol. The first-order valence-corrected chi connectivity index (χ1v) is 10.9. The number of amides is 1. The van der Waals surface area contributed by atoms with E-state index in [1.165, 1.54) is 16.4 Å². The quantitative estimate of drug-likeness (QED) is 0.719. The van der Waals surface area contributed by atoms with Crippen molar-refractivity contribution in [3.63, 3.8) is 0 Å². The van der Waals surface area contributed by atoms with Crippen LogP contribution in [0.5, 0.6) is 0 Å². The lowest BCUT2D eigenvalue weighted by molar-refractivity contribution is -0.917. The average molecular weight is 423 g/mol. The number of hydrogen-bond donors (Lipinski definition) is 2. The minimum absolute atomic E-state index is 0.00268. The molecule has 1 amide bonds. The van der Waals surface area contributed by atoms with E-state index in [9.17, 15) is 13.2 Å². The molecule has 0 unspecified atom stereocenters. The fraction of sp³-hybridized carbons (Fsp3) is 0.588. The monoisotopic (exact) mass is 422 g/mol. The van der Waals surface area contributed by atoms with Crippen molar-refractivity contribution < 1.29 is 18.1 Å². The summed E-state index contributed by atoms with van der Waals surface area (Å²) < 4.78 is 27.1. The molecule has 1 atom stereocenters. The lowest BCUT2D eigenvalue weighted by Gasteiger charge is -2.34. The Morgan fingerprint density at radius 3 is 2.42 bits per heavy atom. The molecule has 2 N–H and O–H groups in total. The van der Waals surface area contributed by atoms with Crippen molar-refractivity contribution in [1.82, 2.24) is 9.62 Å². The van der Waals surface area contributed by atoms with Gasteiger partial charge in [0.2, 0.25) is 10.0 Å². The van der Waals surface area contributed by atoms with Gasteiger partial charge in [-0.1, -0.05) is 37.0 Å². The van der Waals surface area contributed by atoms with Crippen LogP contribution in [0.3, 0.4) is 0 Å². The molecule has 9 heteroatoms. The number of benzene rings is 1. The summed E-state index contributed by atoms with van der Waals surface area (Å²) in [5.74, 6) is 0.397. The standard InChI is InChI=1S/C17H25Cl2N3O3S/c1-12(2)11-20-17(23)13(3)21-6-8-22(9-7-21)26(24,25)16-10-14(18)4-5-15(16)19/h4-5,10,12-13H,6-9,11H2,1-3H3,(H,20,23)/p+1/t13-/m0/s1. The third-order valence-corrected chi connectivity index (χ3v) is 7.18. The molecule has 26 heavy (non-hydrogen) atoms. The van der Waals surface area contributed by atoms with Crippen LogP contribution in [-0.4, -0.2) is 57.4 Å². The van der Waals surface area contributed by atoms with Crippen LogP contribution in [0.1, 0.15) is 20.8 Å². The SMILES string of the molecule is CC(C)CNC(=O)[C@H](C)[NH+]1CCN(S(=O)(=O)c2cc(Cl)ccc2Cl)CC1. The van der Waals surface area contributed by atoms with Gasteiger partial charge in [-0.25, -0.2) is 8.42 Å². The Hall–Kier alpha value is -0.860. The zero-order chi connectivity index (χ0) is 19.5. The second kappa shape index (κ2) is 8.89. The molecule has 1 aromatic carbocycles. The topological polar surface area (TPSA) is 70.9 Å². The fourth-order valence-electron chi connectivity index (χ4n) is 2.90. The molecule has 1 fully saturated rings. The predicted octanol–water partition coefficient (Wildman–Crippen LogP) is 1.04. The molecule has 2 rings (SSSR count). The summed E-state index contributed by atoms with van der Waals surface area (Å²) in [7, 11) is -3.70. The fourth-order valence-corrected chi connectivity index (χ4v) is 5.08. The molecule has 0 bridgehead atoms. The molecule has 0 saturated carbocycles. The number of halogens is 2. The minimum atomic E-state index is -3.70. The molecular weight excluding hydrogens is 397 g/mol. The summed E-state index contributed by atoms with van der Waals surface area (Å²) >= 11 is 12.0. The molecule has 6 nitrogen and oxygen atoms in total. The number of carbonyl (C=O) groups excluding carboxylic acids is 1. The zero-order valence-electron chi connectivity index (χ0n) is 15.3. The van der Waals surface area contributed by atoms with E-state index in [0.29, 0.717) is 43.7 Å². The highest BCUT2D eigenvalue weighted by Gasteiger charge is 2.35. The van der Waals surface area contributed by atoms with Crippen molar-refractivity contribution in [2.45, 2.75) is 31.7 Å². The number of piperazine rings is 1. The maximum atomic E-state index is 12.8. The lowest BCUT2D eigenvalue weighted by atomic mass is 10.2. The van der Waals surface area contributed by atoms with Crippen molar-refractivity contribution in [1.29, 1.82) is 0 Å². The highest BCUT2D eigenvalue weighted by Crippen LogP contribution is 2.27. The van der Waals surface area contributed by atoms with Gasteiger partial charge in [0.15, 0.2) is 6.04 Å². The Morgan fingerprint density at radius 1 is 1.23 bits per heavy atom.